The van der Waals surface area contributed by atoms with Crippen LogP contribution in [0.2, 0.25) is 0 Å². The summed E-state index contributed by atoms with van der Waals surface area (Å²) in [4.78, 5) is 9.59. The molecule has 0 aromatic heterocycles. The Hall–Kier alpha value is 0.340. The molecule has 0 bridgehead atoms. The number of alkyl halides is 3. The van der Waals surface area contributed by atoms with Crippen molar-refractivity contribution in [3.8, 4) is 0 Å². The minimum atomic E-state index is -1.10. The average Bonchev–Trinajstić information content (AvgIpc) is 1.87. The predicted octanol–water partition coefficient (Wildman–Crippen LogP) is 2.35. The topological polar surface area (TPSA) is 26.3 Å². The van der Waals surface area contributed by atoms with Crippen molar-refractivity contribution in [3.63, 3.8) is 0 Å². The number of rotatable bonds is 4. The Morgan fingerprint density at radius 3 is 2.45 bits per heavy atom. The minimum Gasteiger partial charge on any atom is -0.461 e. The summed E-state index contributed by atoms with van der Waals surface area (Å²) in [5.74, 6) is -0.171. The van der Waals surface area contributed by atoms with Gasteiger partial charge in [-0.25, -0.2) is 4.79 Å². The van der Waals surface area contributed by atoms with E-state index in [1.54, 1.807) is 6.92 Å². The maximum atomic E-state index is 10.7. The third kappa shape index (κ3) is 5.59. The molecule has 66 valence electrons. The van der Waals surface area contributed by atoms with Gasteiger partial charge in [0, 0.05) is 5.88 Å². The number of esters is 1. The van der Waals surface area contributed by atoms with Crippen LogP contribution in [0.4, 0.5) is 0 Å². The predicted molar refractivity (Wildman–Crippen MR) is 46.4 cm³/mol. The van der Waals surface area contributed by atoms with Crippen LogP contribution in [-0.4, -0.2) is 22.8 Å². The molecule has 0 aromatic rings. The largest absolute Gasteiger partial charge is 0.461 e. The third-order valence-corrected chi connectivity index (χ3v) is 1.59. The molecule has 2 nitrogen and oxygen atoms in total. The van der Waals surface area contributed by atoms with Gasteiger partial charge in [0.05, 0.1) is 0 Å². The summed E-state index contributed by atoms with van der Waals surface area (Å²) in [7, 11) is 0. The first kappa shape index (κ1) is 11.3. The zero-order chi connectivity index (χ0) is 8.85. The molecule has 0 heterocycles. The molecule has 0 fully saturated rings. The summed E-state index contributed by atoms with van der Waals surface area (Å²) < 4.78 is 4.76. The summed E-state index contributed by atoms with van der Waals surface area (Å²) in [6.07, 6.45) is 0.383. The van der Waals surface area contributed by atoms with Crippen LogP contribution in [0.3, 0.4) is 0 Å². The van der Waals surface area contributed by atoms with Gasteiger partial charge in [0.2, 0.25) is 4.84 Å². The highest BCUT2D eigenvalue weighted by Crippen LogP contribution is 2.07. The van der Waals surface area contributed by atoms with Crippen LogP contribution in [0, 0.1) is 0 Å². The fourth-order valence-electron chi connectivity index (χ4n) is 0.462. The lowest BCUT2D eigenvalue weighted by Crippen LogP contribution is -2.19. The smallest absolute Gasteiger partial charge is 0.339 e. The Labute approximate surface area is 80.7 Å². The van der Waals surface area contributed by atoms with E-state index >= 15 is 0 Å². The SMILES string of the molecule is CC(CCCl)OC(=O)C(Cl)Cl. The minimum absolute atomic E-state index is 0.222. The molecule has 0 aliphatic rings. The van der Waals surface area contributed by atoms with Crippen molar-refractivity contribution in [2.24, 2.45) is 0 Å². The van der Waals surface area contributed by atoms with Gasteiger partial charge in [-0.1, -0.05) is 23.2 Å². The highest BCUT2D eigenvalue weighted by atomic mass is 35.5. The van der Waals surface area contributed by atoms with Gasteiger partial charge in [0.1, 0.15) is 6.10 Å². The van der Waals surface area contributed by atoms with Gasteiger partial charge < -0.3 is 4.74 Å². The lowest BCUT2D eigenvalue weighted by atomic mass is 10.3. The molecule has 0 amide bonds. The third-order valence-electron chi connectivity index (χ3n) is 1.01. The van der Waals surface area contributed by atoms with Crippen LogP contribution in [0.5, 0.6) is 0 Å². The standard InChI is InChI=1S/C6H9Cl3O2/c1-4(2-3-7)11-6(10)5(8)9/h4-5H,2-3H2,1H3. The maximum absolute atomic E-state index is 10.7. The average molecular weight is 219 g/mol. The molecule has 0 aliphatic heterocycles. The molecule has 1 unspecified atom stereocenters. The van der Waals surface area contributed by atoms with E-state index in [0.29, 0.717) is 12.3 Å². The van der Waals surface area contributed by atoms with Crippen LogP contribution in [0.15, 0.2) is 0 Å². The summed E-state index contributed by atoms with van der Waals surface area (Å²) in [5, 5.41) is 0. The molecule has 0 rings (SSSR count). The van der Waals surface area contributed by atoms with E-state index in [1.165, 1.54) is 0 Å². The Morgan fingerprint density at radius 1 is 1.55 bits per heavy atom. The van der Waals surface area contributed by atoms with Crippen molar-refractivity contribution in [2.75, 3.05) is 5.88 Å². The summed E-state index contributed by atoms with van der Waals surface area (Å²) >= 11 is 15.9. The summed E-state index contributed by atoms with van der Waals surface area (Å²) in [6.45, 7) is 1.73. The van der Waals surface area contributed by atoms with Gasteiger partial charge in [-0.2, -0.15) is 0 Å². The molecule has 0 radical (unpaired) electrons. The van der Waals surface area contributed by atoms with E-state index in [2.05, 4.69) is 0 Å². The van der Waals surface area contributed by atoms with E-state index in [4.69, 9.17) is 39.5 Å². The number of carbonyl (C=O) groups is 1. The first-order valence-electron chi connectivity index (χ1n) is 3.12. The number of halogens is 3. The normalized spacial score (nSPS) is 13.2. The summed E-state index contributed by atoms with van der Waals surface area (Å²) in [5.41, 5.74) is 0. The number of carbonyl (C=O) groups excluding carboxylic acids is 1. The molecule has 0 aliphatic carbocycles. The zero-order valence-electron chi connectivity index (χ0n) is 6.02. The van der Waals surface area contributed by atoms with Gasteiger partial charge >= 0.3 is 5.97 Å². The maximum Gasteiger partial charge on any atom is 0.339 e. The molecule has 1 atom stereocenters. The molecule has 0 aromatic carbocycles. The highest BCUT2D eigenvalue weighted by Gasteiger charge is 2.15. The van der Waals surface area contributed by atoms with Crippen molar-refractivity contribution < 1.29 is 9.53 Å². The van der Waals surface area contributed by atoms with Crippen LogP contribution >= 0.6 is 34.8 Å². The van der Waals surface area contributed by atoms with Crippen LogP contribution in [0.1, 0.15) is 13.3 Å². The van der Waals surface area contributed by atoms with E-state index < -0.39 is 10.8 Å². The Bertz CT molecular complexity index is 127. The van der Waals surface area contributed by atoms with Crippen molar-refractivity contribution in [1.82, 2.24) is 0 Å². The van der Waals surface area contributed by atoms with Gasteiger partial charge in [0.15, 0.2) is 0 Å². The second-order valence-corrected chi connectivity index (χ2v) is 3.50. The molecule has 0 saturated heterocycles. The van der Waals surface area contributed by atoms with E-state index in [1.807, 2.05) is 0 Å². The molecular formula is C6H9Cl3O2. The van der Waals surface area contributed by atoms with Crippen LogP contribution < -0.4 is 0 Å². The monoisotopic (exact) mass is 218 g/mol. The number of ether oxygens (including phenoxy) is 1. The second-order valence-electron chi connectivity index (χ2n) is 2.03. The van der Waals surface area contributed by atoms with Crippen LogP contribution in [0.25, 0.3) is 0 Å². The number of hydrogen-bond donors (Lipinski definition) is 0. The molecule has 5 heteroatoms. The molecule has 0 spiro atoms. The van der Waals surface area contributed by atoms with E-state index in [9.17, 15) is 4.79 Å². The second kappa shape index (κ2) is 5.92. The number of hydrogen-bond acceptors (Lipinski definition) is 2. The Morgan fingerprint density at radius 2 is 2.09 bits per heavy atom. The molecule has 0 saturated carbocycles. The molecule has 0 N–H and O–H groups in total. The molecule has 11 heavy (non-hydrogen) atoms. The van der Waals surface area contributed by atoms with Crippen molar-refractivity contribution in [1.29, 1.82) is 0 Å². The van der Waals surface area contributed by atoms with Gasteiger partial charge in [-0.05, 0) is 13.3 Å². The first-order valence-corrected chi connectivity index (χ1v) is 4.53. The highest BCUT2D eigenvalue weighted by molar-refractivity contribution is 6.52. The fourth-order valence-corrected chi connectivity index (χ4v) is 0.872. The lowest BCUT2D eigenvalue weighted by molar-refractivity contribution is -0.146. The van der Waals surface area contributed by atoms with Gasteiger partial charge in [-0.15, -0.1) is 11.6 Å². The van der Waals surface area contributed by atoms with Gasteiger partial charge in [-0.3, -0.25) is 0 Å². The van der Waals surface area contributed by atoms with E-state index in [-0.39, 0.29) is 6.10 Å². The fraction of sp³-hybridized carbons (Fsp3) is 0.833. The van der Waals surface area contributed by atoms with Crippen molar-refractivity contribution >= 4 is 40.8 Å². The Balaban J connectivity index is 3.57. The zero-order valence-corrected chi connectivity index (χ0v) is 8.29. The lowest BCUT2D eigenvalue weighted by Gasteiger charge is -2.11. The van der Waals surface area contributed by atoms with Gasteiger partial charge in [0.25, 0.3) is 0 Å². The van der Waals surface area contributed by atoms with E-state index in [0.717, 1.165) is 0 Å². The van der Waals surface area contributed by atoms with Crippen LogP contribution in [-0.2, 0) is 9.53 Å². The Kier molecular flexibility index (Phi) is 6.11. The molecular weight excluding hydrogens is 210 g/mol. The first-order chi connectivity index (χ1) is 5.07. The summed E-state index contributed by atoms with van der Waals surface area (Å²) in [6, 6.07) is 0. The van der Waals surface area contributed by atoms with Crippen molar-refractivity contribution in [2.45, 2.75) is 24.3 Å². The van der Waals surface area contributed by atoms with Crippen molar-refractivity contribution in [3.05, 3.63) is 0 Å². The quantitative estimate of drug-likeness (QED) is 0.536.